The van der Waals surface area contributed by atoms with Crippen LogP contribution in [0.4, 0.5) is 5.69 Å². The highest BCUT2D eigenvalue weighted by atomic mass is 16.5. The van der Waals surface area contributed by atoms with E-state index in [1.54, 1.807) is 48.5 Å². The van der Waals surface area contributed by atoms with Gasteiger partial charge in [0.25, 0.3) is 11.8 Å². The Hall–Kier alpha value is -3.68. The van der Waals surface area contributed by atoms with E-state index in [0.717, 1.165) is 4.90 Å². The summed E-state index contributed by atoms with van der Waals surface area (Å²) < 4.78 is 10.1. The molecule has 0 aliphatic carbocycles. The number of rotatable bonds is 6. The molecule has 1 aliphatic rings. The molecule has 0 spiro atoms. The van der Waals surface area contributed by atoms with Gasteiger partial charge < -0.3 is 14.8 Å². The Morgan fingerprint density at radius 2 is 1.79 bits per heavy atom. The van der Waals surface area contributed by atoms with Gasteiger partial charge >= 0.3 is 5.97 Å². The zero-order chi connectivity index (χ0) is 21.0. The van der Waals surface area contributed by atoms with Crippen molar-refractivity contribution < 1.29 is 28.7 Å². The molecule has 1 aliphatic heterocycles. The highest BCUT2D eigenvalue weighted by Gasteiger charge is 2.33. The van der Waals surface area contributed by atoms with Crippen molar-refractivity contribution in [2.75, 3.05) is 19.0 Å². The molecule has 3 rings (SSSR count). The van der Waals surface area contributed by atoms with E-state index in [2.05, 4.69) is 5.32 Å². The van der Waals surface area contributed by atoms with Gasteiger partial charge in [-0.1, -0.05) is 18.2 Å². The van der Waals surface area contributed by atoms with Gasteiger partial charge in [0.2, 0.25) is 5.91 Å². The summed E-state index contributed by atoms with van der Waals surface area (Å²) in [5.41, 5.74) is 1.52. The second-order valence-electron chi connectivity index (χ2n) is 6.47. The number of anilines is 1. The number of imide groups is 1. The zero-order valence-corrected chi connectivity index (χ0v) is 16.0. The summed E-state index contributed by atoms with van der Waals surface area (Å²) in [5.74, 6) is -1.78. The van der Waals surface area contributed by atoms with Crippen LogP contribution in [0.5, 0.6) is 5.75 Å². The number of carbonyl (C=O) groups is 4. The second kappa shape index (κ2) is 8.55. The number of carbonyl (C=O) groups excluding carboxylic acids is 4. The first-order chi connectivity index (χ1) is 13.9. The van der Waals surface area contributed by atoms with Crippen molar-refractivity contribution in [3.05, 3.63) is 59.7 Å². The maximum absolute atomic E-state index is 12.5. The van der Waals surface area contributed by atoms with Crippen LogP contribution in [-0.4, -0.2) is 48.3 Å². The average molecular weight is 396 g/mol. The molecule has 0 radical (unpaired) electrons. The van der Waals surface area contributed by atoms with Gasteiger partial charge in [0, 0.05) is 11.3 Å². The van der Waals surface area contributed by atoms with E-state index in [0.29, 0.717) is 22.6 Å². The molecule has 150 valence electrons. The van der Waals surface area contributed by atoms with E-state index >= 15 is 0 Å². The average Bonchev–Trinajstić information content (AvgIpc) is 2.71. The van der Waals surface area contributed by atoms with Gasteiger partial charge in [0.05, 0.1) is 13.5 Å². The minimum atomic E-state index is -1.10. The molecule has 1 atom stereocenters. The van der Waals surface area contributed by atoms with E-state index in [1.807, 2.05) is 0 Å². The van der Waals surface area contributed by atoms with E-state index in [1.165, 1.54) is 14.0 Å². The lowest BCUT2D eigenvalue weighted by Gasteiger charge is -2.26. The molecule has 2 aromatic rings. The van der Waals surface area contributed by atoms with Crippen molar-refractivity contribution in [2.24, 2.45) is 0 Å². The molecule has 0 saturated carbocycles. The molecule has 1 heterocycles. The van der Waals surface area contributed by atoms with Crippen LogP contribution < -0.4 is 10.1 Å². The number of nitrogens with zero attached hydrogens (tertiary/aromatic N) is 1. The summed E-state index contributed by atoms with van der Waals surface area (Å²) in [4.78, 5) is 50.0. The predicted molar refractivity (Wildman–Crippen MR) is 103 cm³/mol. The van der Waals surface area contributed by atoms with Crippen LogP contribution in [-0.2, 0) is 25.5 Å². The zero-order valence-electron chi connectivity index (χ0n) is 16.0. The first-order valence-corrected chi connectivity index (χ1v) is 8.96. The van der Waals surface area contributed by atoms with Crippen LogP contribution in [0.25, 0.3) is 0 Å². The molecule has 0 bridgehead atoms. The lowest BCUT2D eigenvalue weighted by Crippen LogP contribution is -2.46. The number of fused-ring (bicyclic) bond motifs is 1. The number of hydrogen-bond acceptors (Lipinski definition) is 6. The normalized spacial score (nSPS) is 14.1. The Morgan fingerprint density at radius 1 is 1.10 bits per heavy atom. The summed E-state index contributed by atoms with van der Waals surface area (Å²) in [7, 11) is 1.53. The Kier molecular flexibility index (Phi) is 5.92. The smallest absolute Gasteiger partial charge is 0.326 e. The summed E-state index contributed by atoms with van der Waals surface area (Å²) in [5, 5.41) is 2.61. The van der Waals surface area contributed by atoms with Crippen LogP contribution in [0.15, 0.2) is 48.5 Å². The number of methoxy groups -OCH3 is 1. The fourth-order valence-electron chi connectivity index (χ4n) is 2.90. The third kappa shape index (κ3) is 4.60. The highest BCUT2D eigenvalue weighted by molar-refractivity contribution is 6.11. The van der Waals surface area contributed by atoms with Crippen molar-refractivity contribution >= 4 is 29.4 Å². The summed E-state index contributed by atoms with van der Waals surface area (Å²) in [6, 6.07) is 13.4. The minimum Gasteiger partial charge on any atom is -0.497 e. The van der Waals surface area contributed by atoms with Crippen molar-refractivity contribution in [1.29, 1.82) is 0 Å². The molecule has 0 fully saturated rings. The number of nitrogens with one attached hydrogen (secondary N) is 1. The van der Waals surface area contributed by atoms with Gasteiger partial charge in [0.1, 0.15) is 12.3 Å². The molecule has 0 saturated heterocycles. The summed E-state index contributed by atoms with van der Waals surface area (Å²) in [6.07, 6.45) is -1.07. The van der Waals surface area contributed by atoms with Gasteiger partial charge in [-0.3, -0.25) is 24.1 Å². The van der Waals surface area contributed by atoms with Crippen LogP contribution in [0.1, 0.15) is 22.8 Å². The lowest BCUT2D eigenvalue weighted by molar-refractivity contribution is -0.155. The van der Waals surface area contributed by atoms with E-state index in [-0.39, 0.29) is 6.42 Å². The first-order valence-electron chi connectivity index (χ1n) is 8.96. The van der Waals surface area contributed by atoms with Gasteiger partial charge in [-0.15, -0.1) is 0 Å². The molecular formula is C21H20N2O6. The van der Waals surface area contributed by atoms with E-state index in [4.69, 9.17) is 9.47 Å². The lowest BCUT2D eigenvalue weighted by atomic mass is 9.98. The molecular weight excluding hydrogens is 376 g/mol. The van der Waals surface area contributed by atoms with Crippen LogP contribution in [0, 0.1) is 0 Å². The SMILES string of the molecule is COc1ccc(NC(=O)[C@@H](C)OC(=O)CN2C(=O)Cc3ccccc3C2=O)cc1. The van der Waals surface area contributed by atoms with E-state index in [9.17, 15) is 19.2 Å². The number of ether oxygens (including phenoxy) is 2. The summed E-state index contributed by atoms with van der Waals surface area (Å²) >= 11 is 0. The maximum atomic E-state index is 12.5. The van der Waals surface area contributed by atoms with Gasteiger partial charge in [-0.2, -0.15) is 0 Å². The number of hydrogen-bond donors (Lipinski definition) is 1. The van der Waals surface area contributed by atoms with Crippen molar-refractivity contribution in [1.82, 2.24) is 4.90 Å². The molecule has 8 nitrogen and oxygen atoms in total. The van der Waals surface area contributed by atoms with Crippen LogP contribution in [0.2, 0.25) is 0 Å². The quantitative estimate of drug-likeness (QED) is 0.590. The van der Waals surface area contributed by atoms with Crippen molar-refractivity contribution in [3.8, 4) is 5.75 Å². The topological polar surface area (TPSA) is 102 Å². The molecule has 3 amide bonds. The highest BCUT2D eigenvalue weighted by Crippen LogP contribution is 2.20. The third-order valence-corrected chi connectivity index (χ3v) is 4.46. The van der Waals surface area contributed by atoms with Crippen LogP contribution in [0.3, 0.4) is 0 Å². The number of amides is 3. The largest absolute Gasteiger partial charge is 0.497 e. The molecule has 0 unspecified atom stereocenters. The third-order valence-electron chi connectivity index (χ3n) is 4.46. The Morgan fingerprint density at radius 3 is 2.48 bits per heavy atom. The van der Waals surface area contributed by atoms with Gasteiger partial charge in [0.15, 0.2) is 6.10 Å². The number of esters is 1. The Balaban J connectivity index is 1.57. The predicted octanol–water partition coefficient (Wildman–Crippen LogP) is 1.79. The Labute approximate surface area is 167 Å². The molecule has 8 heteroatoms. The molecule has 29 heavy (non-hydrogen) atoms. The fourth-order valence-corrected chi connectivity index (χ4v) is 2.90. The van der Waals surface area contributed by atoms with Crippen molar-refractivity contribution in [2.45, 2.75) is 19.4 Å². The standard InChI is InChI=1S/C21H20N2O6/c1-13(20(26)22-15-7-9-16(28-2)10-8-15)29-19(25)12-23-18(24)11-14-5-3-4-6-17(14)21(23)27/h3-10,13H,11-12H2,1-2H3,(H,22,26)/t13-/m1/s1. The van der Waals surface area contributed by atoms with Gasteiger partial charge in [-0.05, 0) is 42.8 Å². The summed E-state index contributed by atoms with van der Waals surface area (Å²) in [6.45, 7) is 0.859. The maximum Gasteiger partial charge on any atom is 0.326 e. The molecule has 2 aromatic carbocycles. The molecule has 1 N–H and O–H groups in total. The van der Waals surface area contributed by atoms with Crippen LogP contribution >= 0.6 is 0 Å². The van der Waals surface area contributed by atoms with Crippen molar-refractivity contribution in [3.63, 3.8) is 0 Å². The fraction of sp³-hybridized carbons (Fsp3) is 0.238. The Bertz CT molecular complexity index is 954. The van der Waals surface area contributed by atoms with Gasteiger partial charge in [-0.25, -0.2) is 0 Å². The van der Waals surface area contributed by atoms with E-state index < -0.39 is 36.3 Å². The number of benzene rings is 2. The minimum absolute atomic E-state index is 0.0305. The molecule has 0 aromatic heterocycles. The monoisotopic (exact) mass is 396 g/mol. The second-order valence-corrected chi connectivity index (χ2v) is 6.47. The first kappa shape index (κ1) is 20.1.